The molecule has 0 radical (unpaired) electrons. The van der Waals surface area contributed by atoms with Crippen LogP contribution >= 0.6 is 0 Å². The molecule has 0 fully saturated rings. The maximum atomic E-state index is 11.6. The summed E-state index contributed by atoms with van der Waals surface area (Å²) in [5.74, 6) is 0.00335. The highest BCUT2D eigenvalue weighted by Gasteiger charge is 2.03. The van der Waals surface area contributed by atoms with Gasteiger partial charge in [0.05, 0.1) is 12.1 Å². The minimum absolute atomic E-state index is 0.00335. The van der Waals surface area contributed by atoms with Crippen LogP contribution in [-0.4, -0.2) is 39.2 Å². The number of nitrogens with two attached hydrogens (primary N) is 1. The monoisotopic (exact) mass is 260 g/mol. The van der Waals surface area contributed by atoms with E-state index >= 15 is 0 Å². The molecule has 0 unspecified atom stereocenters. The summed E-state index contributed by atoms with van der Waals surface area (Å²) in [6.07, 6.45) is 2.68. The molecule has 0 aliphatic carbocycles. The van der Waals surface area contributed by atoms with Gasteiger partial charge in [-0.2, -0.15) is 0 Å². The molecule has 0 bridgehead atoms. The Morgan fingerprint density at radius 3 is 2.74 bits per heavy atom. The first kappa shape index (κ1) is 13.2. The average molecular weight is 260 g/mol. The molecule has 19 heavy (non-hydrogen) atoms. The predicted molar refractivity (Wildman–Crippen MR) is 69.5 cm³/mol. The van der Waals surface area contributed by atoms with E-state index in [2.05, 4.69) is 20.8 Å². The second-order valence-corrected chi connectivity index (χ2v) is 4.09. The van der Waals surface area contributed by atoms with E-state index in [-0.39, 0.29) is 5.91 Å². The summed E-state index contributed by atoms with van der Waals surface area (Å²) in [4.78, 5) is 11.6. The lowest BCUT2D eigenvalue weighted by atomic mass is 10.1. The Hall–Kier alpha value is -2.28. The number of amides is 1. The van der Waals surface area contributed by atoms with Crippen LogP contribution in [0.4, 0.5) is 0 Å². The molecule has 0 atom stereocenters. The van der Waals surface area contributed by atoms with Gasteiger partial charge in [0.15, 0.2) is 0 Å². The number of aromatic nitrogens is 4. The second kappa shape index (κ2) is 6.60. The van der Waals surface area contributed by atoms with Crippen molar-refractivity contribution < 1.29 is 4.79 Å². The molecule has 100 valence electrons. The van der Waals surface area contributed by atoms with Crippen molar-refractivity contribution >= 4 is 5.91 Å². The molecule has 0 aliphatic heterocycles. The van der Waals surface area contributed by atoms with Crippen LogP contribution in [0.5, 0.6) is 0 Å². The van der Waals surface area contributed by atoms with Crippen LogP contribution in [0.25, 0.3) is 5.69 Å². The minimum atomic E-state index is 0.00335. The molecule has 0 spiro atoms. The molecule has 2 rings (SSSR count). The lowest BCUT2D eigenvalue weighted by Crippen LogP contribution is -2.27. The van der Waals surface area contributed by atoms with Crippen molar-refractivity contribution in [3.63, 3.8) is 0 Å². The largest absolute Gasteiger partial charge is 0.356 e. The van der Waals surface area contributed by atoms with Crippen molar-refractivity contribution in [2.75, 3.05) is 13.1 Å². The fourth-order valence-corrected chi connectivity index (χ4v) is 1.62. The van der Waals surface area contributed by atoms with E-state index < -0.39 is 0 Å². The lowest BCUT2D eigenvalue weighted by Gasteiger charge is -2.05. The second-order valence-electron chi connectivity index (χ2n) is 4.09. The van der Waals surface area contributed by atoms with Gasteiger partial charge in [-0.05, 0) is 41.1 Å². The van der Waals surface area contributed by atoms with Gasteiger partial charge < -0.3 is 11.1 Å². The Bertz CT molecular complexity index is 508. The third-order valence-electron chi connectivity index (χ3n) is 2.62. The predicted octanol–water partition coefficient (Wildman–Crippen LogP) is -0.330. The molecule has 1 amide bonds. The molecular weight excluding hydrogens is 244 g/mol. The highest BCUT2D eigenvalue weighted by Crippen LogP contribution is 2.08. The zero-order valence-electron chi connectivity index (χ0n) is 10.5. The van der Waals surface area contributed by atoms with Crippen molar-refractivity contribution in [3.05, 3.63) is 36.2 Å². The Labute approximate surface area is 110 Å². The zero-order chi connectivity index (χ0) is 13.5. The fraction of sp³-hybridized carbons (Fsp3) is 0.333. The molecule has 1 heterocycles. The van der Waals surface area contributed by atoms with Gasteiger partial charge in [0.2, 0.25) is 5.91 Å². The van der Waals surface area contributed by atoms with E-state index in [1.54, 1.807) is 4.68 Å². The van der Waals surface area contributed by atoms with Crippen molar-refractivity contribution in [1.29, 1.82) is 0 Å². The van der Waals surface area contributed by atoms with Gasteiger partial charge in [-0.15, -0.1) is 5.10 Å². The Kier molecular flexibility index (Phi) is 4.57. The maximum absolute atomic E-state index is 11.6. The Morgan fingerprint density at radius 1 is 1.32 bits per heavy atom. The molecule has 1 aromatic heterocycles. The van der Waals surface area contributed by atoms with E-state index in [0.29, 0.717) is 19.5 Å². The summed E-state index contributed by atoms with van der Waals surface area (Å²) in [6.45, 7) is 1.21. The number of carbonyl (C=O) groups excluding carboxylic acids is 1. The van der Waals surface area contributed by atoms with E-state index in [4.69, 9.17) is 5.73 Å². The normalized spacial score (nSPS) is 10.4. The van der Waals surface area contributed by atoms with Gasteiger partial charge in [-0.3, -0.25) is 4.79 Å². The van der Waals surface area contributed by atoms with Gasteiger partial charge in [0, 0.05) is 6.54 Å². The Morgan fingerprint density at radius 2 is 2.11 bits per heavy atom. The number of benzene rings is 1. The number of hydrogen-bond donors (Lipinski definition) is 2. The van der Waals surface area contributed by atoms with Crippen molar-refractivity contribution in [1.82, 2.24) is 25.5 Å². The smallest absolute Gasteiger partial charge is 0.224 e. The first-order chi connectivity index (χ1) is 9.29. The summed E-state index contributed by atoms with van der Waals surface area (Å²) in [5, 5.41) is 13.7. The van der Waals surface area contributed by atoms with Crippen LogP contribution in [0.3, 0.4) is 0 Å². The standard InChI is InChI=1S/C12H16N6O/c13-6-1-7-14-12(19)8-10-2-4-11(5-3-10)18-9-15-16-17-18/h2-5,9H,1,6-8,13H2,(H,14,19). The molecule has 1 aromatic carbocycles. The van der Waals surface area contributed by atoms with Crippen LogP contribution in [0.2, 0.25) is 0 Å². The molecule has 0 aliphatic rings. The topological polar surface area (TPSA) is 98.7 Å². The third kappa shape index (κ3) is 3.85. The van der Waals surface area contributed by atoms with Crippen LogP contribution in [0.1, 0.15) is 12.0 Å². The SMILES string of the molecule is NCCCNC(=O)Cc1ccc(-n2cnnn2)cc1. The van der Waals surface area contributed by atoms with Gasteiger partial charge in [0.1, 0.15) is 6.33 Å². The number of nitrogens with one attached hydrogen (secondary N) is 1. The molecule has 0 saturated heterocycles. The highest BCUT2D eigenvalue weighted by molar-refractivity contribution is 5.78. The summed E-state index contributed by atoms with van der Waals surface area (Å²) in [7, 11) is 0. The lowest BCUT2D eigenvalue weighted by molar-refractivity contribution is -0.120. The van der Waals surface area contributed by atoms with Crippen LogP contribution in [0.15, 0.2) is 30.6 Å². The van der Waals surface area contributed by atoms with Gasteiger partial charge in [-0.25, -0.2) is 4.68 Å². The molecule has 0 saturated carbocycles. The van der Waals surface area contributed by atoms with Crippen molar-refractivity contribution in [2.45, 2.75) is 12.8 Å². The first-order valence-corrected chi connectivity index (χ1v) is 6.08. The van der Waals surface area contributed by atoms with Crippen LogP contribution in [0, 0.1) is 0 Å². The average Bonchev–Trinajstić information content (AvgIpc) is 2.94. The van der Waals surface area contributed by atoms with E-state index in [0.717, 1.165) is 17.7 Å². The van der Waals surface area contributed by atoms with Crippen molar-refractivity contribution in [3.8, 4) is 5.69 Å². The summed E-state index contributed by atoms with van der Waals surface area (Å²) < 4.78 is 1.56. The first-order valence-electron chi connectivity index (χ1n) is 6.08. The highest BCUT2D eigenvalue weighted by atomic mass is 16.1. The number of hydrogen-bond acceptors (Lipinski definition) is 5. The van der Waals surface area contributed by atoms with Gasteiger partial charge >= 0.3 is 0 Å². The summed E-state index contributed by atoms with van der Waals surface area (Å²) in [6, 6.07) is 7.52. The van der Waals surface area contributed by atoms with E-state index in [1.807, 2.05) is 24.3 Å². The number of rotatable bonds is 6. The molecule has 7 heteroatoms. The maximum Gasteiger partial charge on any atom is 0.224 e. The molecular formula is C12H16N6O. The fourth-order valence-electron chi connectivity index (χ4n) is 1.62. The summed E-state index contributed by atoms with van der Waals surface area (Å²) >= 11 is 0. The van der Waals surface area contributed by atoms with E-state index in [1.165, 1.54) is 6.33 Å². The molecule has 2 aromatic rings. The summed E-state index contributed by atoms with van der Waals surface area (Å²) in [5.41, 5.74) is 7.17. The van der Waals surface area contributed by atoms with Crippen LogP contribution in [-0.2, 0) is 11.2 Å². The van der Waals surface area contributed by atoms with Crippen LogP contribution < -0.4 is 11.1 Å². The number of carbonyl (C=O) groups is 1. The minimum Gasteiger partial charge on any atom is -0.356 e. The van der Waals surface area contributed by atoms with Crippen molar-refractivity contribution in [2.24, 2.45) is 5.73 Å². The van der Waals surface area contributed by atoms with Gasteiger partial charge in [-0.1, -0.05) is 12.1 Å². The molecule has 3 N–H and O–H groups in total. The zero-order valence-corrected chi connectivity index (χ0v) is 10.5. The van der Waals surface area contributed by atoms with E-state index in [9.17, 15) is 4.79 Å². The Balaban J connectivity index is 1.90. The molecule has 7 nitrogen and oxygen atoms in total. The quantitative estimate of drug-likeness (QED) is 0.693. The van der Waals surface area contributed by atoms with Gasteiger partial charge in [0.25, 0.3) is 0 Å². The number of tetrazole rings is 1. The number of nitrogens with zero attached hydrogens (tertiary/aromatic N) is 4. The third-order valence-corrected chi connectivity index (χ3v) is 2.62.